The van der Waals surface area contributed by atoms with Crippen LogP contribution in [0.25, 0.3) is 0 Å². The van der Waals surface area contributed by atoms with Gasteiger partial charge in [0.2, 0.25) is 0 Å². The Morgan fingerprint density at radius 2 is 1.19 bits per heavy atom. The van der Waals surface area contributed by atoms with E-state index in [2.05, 4.69) is 59.1 Å². The highest BCUT2D eigenvalue weighted by Gasteiger charge is 2.42. The number of unbranched alkanes of at least 4 members (excludes halogenated alkanes) is 13. The summed E-state index contributed by atoms with van der Waals surface area (Å²) < 4.78 is 0.941. The molecule has 0 saturated heterocycles. The lowest BCUT2D eigenvalue weighted by Gasteiger charge is -2.48. The lowest BCUT2D eigenvalue weighted by molar-refractivity contribution is -0.948. The Balaban J connectivity index is 2.23. The van der Waals surface area contributed by atoms with E-state index in [1.807, 2.05) is 0 Å². The maximum absolute atomic E-state index is 9.80. The van der Waals surface area contributed by atoms with Gasteiger partial charge in [-0.05, 0) is 32.3 Å². The molecule has 0 aliphatic heterocycles. The van der Waals surface area contributed by atoms with Crippen molar-refractivity contribution in [1.29, 1.82) is 0 Å². The normalized spacial score (nSPS) is 14.0. The van der Waals surface area contributed by atoms with Gasteiger partial charge in [0.15, 0.2) is 0 Å². The zero-order valence-electron chi connectivity index (χ0n) is 21.7. The molecule has 2 heteroatoms. The average Bonchev–Trinajstić information content (AvgIpc) is 2.74. The van der Waals surface area contributed by atoms with Gasteiger partial charge >= 0.3 is 0 Å². The first kappa shape index (κ1) is 28.2. The van der Waals surface area contributed by atoms with E-state index in [1.54, 1.807) is 0 Å². The molecule has 0 heterocycles. The van der Waals surface area contributed by atoms with Gasteiger partial charge in [0, 0.05) is 18.6 Å². The smallest absolute Gasteiger partial charge is 0.124 e. The van der Waals surface area contributed by atoms with Crippen molar-refractivity contribution < 1.29 is 9.59 Å². The highest BCUT2D eigenvalue weighted by atomic mass is 16.3. The first-order chi connectivity index (χ1) is 14.9. The molecule has 0 saturated carbocycles. The van der Waals surface area contributed by atoms with Gasteiger partial charge < -0.3 is 9.59 Å². The van der Waals surface area contributed by atoms with E-state index in [0.717, 1.165) is 10.9 Å². The predicted octanol–water partition coefficient (Wildman–Crippen LogP) is 8.15. The molecule has 1 N–H and O–H groups in total. The molecule has 1 atom stereocenters. The summed E-state index contributed by atoms with van der Waals surface area (Å²) >= 11 is 0. The van der Waals surface area contributed by atoms with Crippen molar-refractivity contribution >= 4 is 0 Å². The Labute approximate surface area is 195 Å². The summed E-state index contributed by atoms with van der Waals surface area (Å²) in [6, 6.07) is 8.73. The van der Waals surface area contributed by atoms with E-state index in [-0.39, 0.29) is 12.1 Å². The summed E-state index contributed by atoms with van der Waals surface area (Å²) in [6.07, 6.45) is 20.5. The number of aliphatic hydroxyl groups is 1. The van der Waals surface area contributed by atoms with Gasteiger partial charge in [-0.1, -0.05) is 108 Å². The summed E-state index contributed by atoms with van der Waals surface area (Å²) in [5.41, 5.74) is 2.68. The molecule has 0 spiro atoms. The van der Waals surface area contributed by atoms with Gasteiger partial charge in [-0.2, -0.15) is 0 Å². The third kappa shape index (κ3) is 10.1. The van der Waals surface area contributed by atoms with Crippen molar-refractivity contribution in [2.24, 2.45) is 0 Å². The number of nitrogens with zero attached hydrogens (tertiary/aromatic N) is 1. The molecule has 2 nitrogen and oxygen atoms in total. The van der Waals surface area contributed by atoms with E-state index in [1.165, 1.54) is 108 Å². The lowest BCUT2D eigenvalue weighted by Crippen LogP contribution is -2.56. The van der Waals surface area contributed by atoms with Gasteiger partial charge in [0.25, 0.3) is 0 Å². The zero-order chi connectivity index (χ0) is 23.0. The summed E-state index contributed by atoms with van der Waals surface area (Å²) in [5, 5.41) is 9.80. The fourth-order valence-corrected chi connectivity index (χ4v) is 5.11. The highest BCUT2D eigenvalue weighted by molar-refractivity contribution is 5.31. The number of quaternary nitrogens is 1. The van der Waals surface area contributed by atoms with Gasteiger partial charge in [-0.3, -0.25) is 0 Å². The van der Waals surface area contributed by atoms with Crippen molar-refractivity contribution in [2.75, 3.05) is 27.2 Å². The maximum atomic E-state index is 9.80. The molecule has 31 heavy (non-hydrogen) atoms. The van der Waals surface area contributed by atoms with Crippen LogP contribution in [0.5, 0.6) is 0 Å². The number of hydrogen-bond acceptors (Lipinski definition) is 1. The minimum Gasteiger partial charge on any atom is -0.396 e. The van der Waals surface area contributed by atoms with Crippen LogP contribution in [0, 0.1) is 6.92 Å². The Bertz CT molecular complexity index is 568. The van der Waals surface area contributed by atoms with E-state index in [4.69, 9.17) is 0 Å². The standard InChI is InChI=1S/C29H54NO/c1-6-7-8-9-10-11-12-13-14-15-16-17-18-21-25-30(4,5)29(3,24-26-31)28-23-20-19-22-27(28)2/h19-20,22-23,31H,6-18,21,24-26H2,1-5H3/q+1. The molecular formula is C29H54NO+. The number of rotatable bonds is 19. The minimum atomic E-state index is -0.0450. The topological polar surface area (TPSA) is 20.2 Å². The molecule has 0 aromatic heterocycles. The average molecular weight is 433 g/mol. The molecular weight excluding hydrogens is 378 g/mol. The Morgan fingerprint density at radius 1 is 0.742 bits per heavy atom. The number of hydrogen-bond donors (Lipinski definition) is 1. The van der Waals surface area contributed by atoms with Gasteiger partial charge in [0.1, 0.15) is 5.54 Å². The van der Waals surface area contributed by atoms with Crippen LogP contribution in [0.1, 0.15) is 121 Å². The van der Waals surface area contributed by atoms with Crippen LogP contribution in [-0.4, -0.2) is 36.8 Å². The fourth-order valence-electron chi connectivity index (χ4n) is 5.11. The van der Waals surface area contributed by atoms with Crippen LogP contribution in [-0.2, 0) is 5.54 Å². The zero-order valence-corrected chi connectivity index (χ0v) is 21.7. The molecule has 1 rings (SSSR count). The molecule has 0 aliphatic rings. The SMILES string of the molecule is CCCCCCCCCCCCCCCC[N+](C)(C)C(C)(CCO)c1ccccc1C. The number of benzene rings is 1. The second kappa shape index (κ2) is 15.9. The molecule has 1 aromatic rings. The first-order valence-corrected chi connectivity index (χ1v) is 13.4. The molecule has 0 fully saturated rings. The fraction of sp³-hybridized carbons (Fsp3) is 0.793. The predicted molar refractivity (Wildman–Crippen MR) is 138 cm³/mol. The molecule has 0 amide bonds. The second-order valence-electron chi connectivity index (χ2n) is 10.6. The molecule has 0 aliphatic carbocycles. The Kier molecular flexibility index (Phi) is 14.4. The Hall–Kier alpha value is -0.860. The van der Waals surface area contributed by atoms with Crippen molar-refractivity contribution in [3.05, 3.63) is 35.4 Å². The molecule has 1 unspecified atom stereocenters. The quantitative estimate of drug-likeness (QED) is 0.173. The number of aliphatic hydroxyl groups excluding tert-OH is 1. The second-order valence-corrected chi connectivity index (χ2v) is 10.6. The Morgan fingerprint density at radius 3 is 1.65 bits per heavy atom. The maximum Gasteiger partial charge on any atom is 0.124 e. The van der Waals surface area contributed by atoms with Gasteiger partial charge in [0.05, 0.1) is 20.6 Å². The molecule has 180 valence electrons. The van der Waals surface area contributed by atoms with Crippen molar-refractivity contribution in [3.8, 4) is 0 Å². The summed E-state index contributed by atoms with van der Waals surface area (Å²) in [6.45, 7) is 8.25. The molecule has 1 aromatic carbocycles. The lowest BCUT2D eigenvalue weighted by atomic mass is 9.82. The van der Waals surface area contributed by atoms with E-state index in [9.17, 15) is 5.11 Å². The van der Waals surface area contributed by atoms with E-state index >= 15 is 0 Å². The third-order valence-corrected chi connectivity index (χ3v) is 7.73. The van der Waals surface area contributed by atoms with Crippen molar-refractivity contribution in [2.45, 2.75) is 123 Å². The van der Waals surface area contributed by atoms with E-state index in [0.29, 0.717) is 0 Å². The van der Waals surface area contributed by atoms with Crippen molar-refractivity contribution in [1.82, 2.24) is 0 Å². The number of aryl methyl sites for hydroxylation is 1. The van der Waals surface area contributed by atoms with Gasteiger partial charge in [-0.15, -0.1) is 0 Å². The largest absolute Gasteiger partial charge is 0.396 e. The van der Waals surface area contributed by atoms with Crippen LogP contribution in [0.4, 0.5) is 0 Å². The minimum absolute atomic E-state index is 0.0450. The first-order valence-electron chi connectivity index (χ1n) is 13.4. The monoisotopic (exact) mass is 432 g/mol. The summed E-state index contributed by atoms with van der Waals surface area (Å²) in [7, 11) is 4.70. The third-order valence-electron chi connectivity index (χ3n) is 7.73. The van der Waals surface area contributed by atoms with Gasteiger partial charge in [-0.25, -0.2) is 0 Å². The van der Waals surface area contributed by atoms with Crippen LogP contribution in [0.2, 0.25) is 0 Å². The van der Waals surface area contributed by atoms with Crippen molar-refractivity contribution in [3.63, 3.8) is 0 Å². The molecule has 0 radical (unpaired) electrons. The van der Waals surface area contributed by atoms with Crippen LogP contribution < -0.4 is 0 Å². The molecule has 0 bridgehead atoms. The van der Waals surface area contributed by atoms with Crippen LogP contribution >= 0.6 is 0 Å². The highest BCUT2D eigenvalue weighted by Crippen LogP contribution is 2.37. The van der Waals surface area contributed by atoms with Crippen LogP contribution in [0.15, 0.2) is 24.3 Å². The van der Waals surface area contributed by atoms with E-state index < -0.39 is 0 Å². The summed E-state index contributed by atoms with van der Waals surface area (Å²) in [5.74, 6) is 0. The summed E-state index contributed by atoms with van der Waals surface area (Å²) in [4.78, 5) is 0. The van der Waals surface area contributed by atoms with Crippen LogP contribution in [0.3, 0.4) is 0 Å².